The zero-order valence-corrected chi connectivity index (χ0v) is 13.7. The second kappa shape index (κ2) is 6.59. The molecule has 1 aromatic rings. The number of aliphatic hydroxyl groups excluding tert-OH is 1. The molecule has 1 saturated carbocycles. The van der Waals surface area contributed by atoms with Crippen LogP contribution in [0.4, 0.5) is 0 Å². The summed E-state index contributed by atoms with van der Waals surface area (Å²) < 4.78 is 0. The Kier molecular flexibility index (Phi) is 4.74. The van der Waals surface area contributed by atoms with Crippen molar-refractivity contribution in [3.63, 3.8) is 0 Å². The summed E-state index contributed by atoms with van der Waals surface area (Å²) in [4.78, 5) is 15.3. The largest absolute Gasteiger partial charge is 0.396 e. The molecule has 1 aromatic carbocycles. The molecule has 2 fully saturated rings. The lowest BCUT2D eigenvalue weighted by molar-refractivity contribution is -0.139. The summed E-state index contributed by atoms with van der Waals surface area (Å²) in [6.07, 6.45) is 6.07. The Bertz CT molecular complexity index is 522. The number of amides is 1. The van der Waals surface area contributed by atoms with Crippen LogP contribution in [0.1, 0.15) is 44.1 Å². The Hall–Kier alpha value is -1.06. The first-order valence-corrected chi connectivity index (χ1v) is 8.70. The van der Waals surface area contributed by atoms with E-state index in [1.807, 2.05) is 29.2 Å². The van der Waals surface area contributed by atoms with Crippen molar-refractivity contribution < 1.29 is 9.90 Å². The number of nitrogens with zero attached hydrogens (tertiary/aromatic N) is 1. The molecule has 1 N–H and O–H groups in total. The van der Waals surface area contributed by atoms with Crippen molar-refractivity contribution in [1.82, 2.24) is 4.90 Å². The van der Waals surface area contributed by atoms with Gasteiger partial charge in [-0.3, -0.25) is 4.79 Å². The summed E-state index contributed by atoms with van der Waals surface area (Å²) in [6, 6.07) is 7.80. The predicted molar refractivity (Wildman–Crippen MR) is 88.0 cm³/mol. The SMILES string of the molecule is O=C(N1CCCC(CO)C1)C1(c2ccc(Cl)cc2)CCCC1. The number of hydrogen-bond donors (Lipinski definition) is 1. The third-order valence-corrected chi connectivity index (χ3v) is 5.58. The molecule has 0 radical (unpaired) electrons. The highest BCUT2D eigenvalue weighted by atomic mass is 35.5. The molecule has 1 atom stereocenters. The molecule has 120 valence electrons. The maximum absolute atomic E-state index is 13.3. The van der Waals surface area contributed by atoms with Gasteiger partial charge in [-0.25, -0.2) is 0 Å². The summed E-state index contributed by atoms with van der Waals surface area (Å²) in [5.41, 5.74) is 0.729. The number of benzene rings is 1. The molecule has 4 heteroatoms. The van der Waals surface area contributed by atoms with Crippen LogP contribution in [-0.4, -0.2) is 35.6 Å². The van der Waals surface area contributed by atoms with Gasteiger partial charge in [-0.2, -0.15) is 0 Å². The minimum Gasteiger partial charge on any atom is -0.396 e. The van der Waals surface area contributed by atoms with Crippen LogP contribution in [0.15, 0.2) is 24.3 Å². The third kappa shape index (κ3) is 2.89. The highest BCUT2D eigenvalue weighted by Gasteiger charge is 2.45. The molecule has 0 spiro atoms. The van der Waals surface area contributed by atoms with Crippen LogP contribution in [0.5, 0.6) is 0 Å². The fourth-order valence-electron chi connectivity index (χ4n) is 4.07. The van der Waals surface area contributed by atoms with Gasteiger partial charge in [-0.15, -0.1) is 0 Å². The Morgan fingerprint density at radius 1 is 1.23 bits per heavy atom. The molecule has 0 aromatic heterocycles. The minimum absolute atomic E-state index is 0.178. The van der Waals surface area contributed by atoms with Crippen LogP contribution >= 0.6 is 11.6 Å². The van der Waals surface area contributed by atoms with E-state index < -0.39 is 0 Å². The Morgan fingerprint density at radius 2 is 1.91 bits per heavy atom. The van der Waals surface area contributed by atoms with Crippen molar-refractivity contribution in [2.24, 2.45) is 5.92 Å². The number of halogens is 1. The van der Waals surface area contributed by atoms with Crippen molar-refractivity contribution in [2.75, 3.05) is 19.7 Å². The van der Waals surface area contributed by atoms with Gasteiger partial charge in [0.25, 0.3) is 0 Å². The number of carbonyl (C=O) groups is 1. The van der Waals surface area contributed by atoms with Crippen LogP contribution in [0, 0.1) is 5.92 Å². The molecular formula is C18H24ClNO2. The van der Waals surface area contributed by atoms with Gasteiger partial charge in [0.2, 0.25) is 5.91 Å². The van der Waals surface area contributed by atoms with Gasteiger partial charge in [-0.05, 0) is 49.3 Å². The van der Waals surface area contributed by atoms with Gasteiger partial charge in [0, 0.05) is 24.7 Å². The molecule has 3 rings (SSSR count). The van der Waals surface area contributed by atoms with E-state index in [1.54, 1.807) is 0 Å². The van der Waals surface area contributed by atoms with Gasteiger partial charge in [0.05, 0.1) is 5.41 Å². The summed E-state index contributed by atoms with van der Waals surface area (Å²) >= 11 is 6.01. The molecule has 1 aliphatic carbocycles. The number of rotatable bonds is 3. The molecular weight excluding hydrogens is 298 g/mol. The molecule has 1 saturated heterocycles. The average molecular weight is 322 g/mol. The predicted octanol–water partition coefficient (Wildman–Crippen LogP) is 3.38. The quantitative estimate of drug-likeness (QED) is 0.927. The van der Waals surface area contributed by atoms with Gasteiger partial charge < -0.3 is 10.0 Å². The van der Waals surface area contributed by atoms with E-state index in [-0.39, 0.29) is 23.8 Å². The van der Waals surface area contributed by atoms with Gasteiger partial charge in [-0.1, -0.05) is 36.6 Å². The van der Waals surface area contributed by atoms with Crippen molar-refractivity contribution in [2.45, 2.75) is 43.9 Å². The highest BCUT2D eigenvalue weighted by Crippen LogP contribution is 2.43. The second-order valence-corrected chi connectivity index (χ2v) is 7.17. The van der Waals surface area contributed by atoms with Crippen molar-refractivity contribution >= 4 is 17.5 Å². The lowest BCUT2D eigenvalue weighted by atomic mass is 9.77. The molecule has 0 bridgehead atoms. The third-order valence-electron chi connectivity index (χ3n) is 5.33. The number of piperidine rings is 1. The molecule has 2 aliphatic rings. The average Bonchev–Trinajstić information content (AvgIpc) is 3.05. The topological polar surface area (TPSA) is 40.5 Å². The van der Waals surface area contributed by atoms with Crippen LogP contribution in [0.25, 0.3) is 0 Å². The van der Waals surface area contributed by atoms with E-state index in [9.17, 15) is 9.90 Å². The van der Waals surface area contributed by atoms with Crippen LogP contribution in [0.2, 0.25) is 5.02 Å². The van der Waals surface area contributed by atoms with Crippen LogP contribution in [-0.2, 0) is 10.2 Å². The minimum atomic E-state index is -0.373. The zero-order chi connectivity index (χ0) is 15.6. The first-order chi connectivity index (χ1) is 10.7. The Labute approximate surface area is 137 Å². The summed E-state index contributed by atoms with van der Waals surface area (Å²) in [6.45, 7) is 1.70. The molecule has 3 nitrogen and oxygen atoms in total. The molecule has 1 amide bonds. The monoisotopic (exact) mass is 321 g/mol. The van der Waals surface area contributed by atoms with E-state index in [0.29, 0.717) is 11.6 Å². The fraction of sp³-hybridized carbons (Fsp3) is 0.611. The van der Waals surface area contributed by atoms with Gasteiger partial charge in [0.1, 0.15) is 0 Å². The number of hydrogen-bond acceptors (Lipinski definition) is 2. The van der Waals surface area contributed by atoms with Gasteiger partial charge >= 0.3 is 0 Å². The molecule has 1 aliphatic heterocycles. The van der Waals surface area contributed by atoms with E-state index in [2.05, 4.69) is 0 Å². The first-order valence-electron chi connectivity index (χ1n) is 8.32. The molecule has 22 heavy (non-hydrogen) atoms. The fourth-order valence-corrected chi connectivity index (χ4v) is 4.20. The number of aliphatic hydroxyl groups is 1. The first kappa shape index (κ1) is 15.8. The van der Waals surface area contributed by atoms with Crippen LogP contribution in [0.3, 0.4) is 0 Å². The lowest BCUT2D eigenvalue weighted by Crippen LogP contribution is -2.49. The number of carbonyl (C=O) groups excluding carboxylic acids is 1. The molecule has 1 heterocycles. The Morgan fingerprint density at radius 3 is 2.55 bits per heavy atom. The Balaban J connectivity index is 1.87. The zero-order valence-electron chi connectivity index (χ0n) is 12.9. The summed E-state index contributed by atoms with van der Waals surface area (Å²) in [7, 11) is 0. The summed E-state index contributed by atoms with van der Waals surface area (Å²) in [5, 5.41) is 10.1. The normalized spacial score (nSPS) is 24.5. The maximum atomic E-state index is 13.3. The number of likely N-dealkylation sites (tertiary alicyclic amines) is 1. The second-order valence-electron chi connectivity index (χ2n) is 6.74. The smallest absolute Gasteiger partial charge is 0.233 e. The van der Waals surface area contributed by atoms with E-state index in [4.69, 9.17) is 11.6 Å². The van der Waals surface area contributed by atoms with Gasteiger partial charge in [0.15, 0.2) is 0 Å². The lowest BCUT2D eigenvalue weighted by Gasteiger charge is -2.39. The summed E-state index contributed by atoms with van der Waals surface area (Å²) in [5.74, 6) is 0.492. The van der Waals surface area contributed by atoms with Crippen molar-refractivity contribution in [3.05, 3.63) is 34.9 Å². The highest BCUT2D eigenvalue weighted by molar-refractivity contribution is 6.30. The van der Waals surface area contributed by atoms with Crippen molar-refractivity contribution in [3.8, 4) is 0 Å². The van der Waals surface area contributed by atoms with Crippen LogP contribution < -0.4 is 0 Å². The maximum Gasteiger partial charge on any atom is 0.233 e. The molecule has 1 unspecified atom stereocenters. The standard InChI is InChI=1S/C18H24ClNO2/c19-16-7-5-15(6-8-16)18(9-1-2-10-18)17(22)20-11-3-4-14(12-20)13-21/h5-8,14,21H,1-4,9-13H2. The van der Waals surface area contributed by atoms with E-state index >= 15 is 0 Å². The van der Waals surface area contributed by atoms with Crippen molar-refractivity contribution in [1.29, 1.82) is 0 Å². The van der Waals surface area contributed by atoms with E-state index in [0.717, 1.165) is 50.6 Å². The van der Waals surface area contributed by atoms with E-state index in [1.165, 1.54) is 0 Å².